The molecule has 0 fully saturated rings. The van der Waals surface area contributed by atoms with Crippen molar-refractivity contribution in [1.82, 2.24) is 10.3 Å². The van der Waals surface area contributed by atoms with Crippen molar-refractivity contribution in [3.63, 3.8) is 0 Å². The Morgan fingerprint density at radius 1 is 1.15 bits per heavy atom. The van der Waals surface area contributed by atoms with Gasteiger partial charge in [-0.25, -0.2) is 4.98 Å². The Balaban J connectivity index is 1.43. The van der Waals surface area contributed by atoms with Crippen LogP contribution < -0.4 is 5.32 Å². The Kier molecular flexibility index (Phi) is 4.73. The van der Waals surface area contributed by atoms with Crippen LogP contribution in [-0.4, -0.2) is 17.3 Å². The Bertz CT molecular complexity index is 654. The van der Waals surface area contributed by atoms with E-state index in [0.29, 0.717) is 0 Å². The summed E-state index contributed by atoms with van der Waals surface area (Å²) in [6.45, 7) is 4.13. The molecule has 104 valence electrons. The van der Waals surface area contributed by atoms with Gasteiger partial charge in [0.25, 0.3) is 0 Å². The number of thiazole rings is 1. The van der Waals surface area contributed by atoms with Crippen LogP contribution in [0.25, 0.3) is 10.2 Å². The number of nitrogens with one attached hydrogen (secondary N) is 1. The summed E-state index contributed by atoms with van der Waals surface area (Å²) in [5.74, 6) is 1.06. The van der Waals surface area contributed by atoms with Gasteiger partial charge in [0.2, 0.25) is 0 Å². The molecule has 1 aromatic carbocycles. The van der Waals surface area contributed by atoms with Gasteiger partial charge >= 0.3 is 0 Å². The molecule has 0 atom stereocenters. The number of thioether (sulfide) groups is 1. The Morgan fingerprint density at radius 2 is 2.05 bits per heavy atom. The van der Waals surface area contributed by atoms with Crippen molar-refractivity contribution in [2.75, 3.05) is 12.3 Å². The number of hydrogen-bond donors (Lipinski definition) is 1. The van der Waals surface area contributed by atoms with Gasteiger partial charge in [0.1, 0.15) is 0 Å². The van der Waals surface area contributed by atoms with Gasteiger partial charge in [-0.2, -0.15) is 0 Å². The molecule has 2 aromatic heterocycles. The molecule has 3 rings (SSSR count). The average molecular weight is 321 g/mol. The maximum atomic E-state index is 4.63. The lowest BCUT2D eigenvalue weighted by molar-refractivity contribution is 0.741. The summed E-state index contributed by atoms with van der Waals surface area (Å²) in [4.78, 5) is 7.42. The number of hydrogen-bond acceptors (Lipinski definition) is 5. The molecule has 1 N–H and O–H groups in total. The third-order valence-electron chi connectivity index (χ3n) is 2.87. The van der Waals surface area contributed by atoms with Crippen LogP contribution in [0.3, 0.4) is 0 Å². The van der Waals surface area contributed by atoms with Crippen molar-refractivity contribution in [1.29, 1.82) is 0 Å². The summed E-state index contributed by atoms with van der Waals surface area (Å²) in [6.07, 6.45) is 0. The van der Waals surface area contributed by atoms with E-state index in [1.807, 2.05) is 29.2 Å². The van der Waals surface area contributed by atoms with Crippen LogP contribution in [0.1, 0.15) is 9.75 Å². The fourth-order valence-electron chi connectivity index (χ4n) is 1.92. The number of thiophene rings is 1. The predicted molar refractivity (Wildman–Crippen MR) is 91.1 cm³/mol. The second kappa shape index (κ2) is 6.72. The minimum absolute atomic E-state index is 0.971. The number of aromatic nitrogens is 1. The molecular formula is C15H16N2S3. The van der Waals surface area contributed by atoms with Gasteiger partial charge in [-0.3, -0.25) is 0 Å². The Hall–Kier alpha value is -0.880. The van der Waals surface area contributed by atoms with E-state index in [-0.39, 0.29) is 0 Å². The van der Waals surface area contributed by atoms with Gasteiger partial charge in [-0.05, 0) is 31.2 Å². The molecule has 2 nitrogen and oxygen atoms in total. The molecule has 0 unspecified atom stereocenters. The minimum atomic E-state index is 0.971. The highest BCUT2D eigenvalue weighted by Crippen LogP contribution is 2.28. The molecule has 2 heterocycles. The van der Waals surface area contributed by atoms with E-state index in [0.717, 1.165) is 24.4 Å². The molecule has 0 amide bonds. The summed E-state index contributed by atoms with van der Waals surface area (Å²) < 4.78 is 2.44. The zero-order chi connectivity index (χ0) is 13.8. The first kappa shape index (κ1) is 14.1. The minimum Gasteiger partial charge on any atom is -0.311 e. The van der Waals surface area contributed by atoms with Crippen LogP contribution in [0.5, 0.6) is 0 Å². The second-order valence-corrected chi connectivity index (χ2v) is 8.23. The SMILES string of the molecule is Cc1ccc(CNCCSc2nc3ccccc3s2)s1. The molecule has 5 heteroatoms. The van der Waals surface area contributed by atoms with E-state index in [2.05, 4.69) is 47.6 Å². The highest BCUT2D eigenvalue weighted by atomic mass is 32.2. The lowest BCUT2D eigenvalue weighted by Crippen LogP contribution is -2.15. The van der Waals surface area contributed by atoms with Crippen molar-refractivity contribution in [2.24, 2.45) is 0 Å². The first-order valence-electron chi connectivity index (χ1n) is 6.56. The fraction of sp³-hybridized carbons (Fsp3) is 0.267. The van der Waals surface area contributed by atoms with Gasteiger partial charge < -0.3 is 5.32 Å². The van der Waals surface area contributed by atoms with Crippen LogP contribution in [0.4, 0.5) is 0 Å². The molecule has 0 saturated carbocycles. The van der Waals surface area contributed by atoms with Gasteiger partial charge in [0.05, 0.1) is 10.2 Å². The molecule has 0 bridgehead atoms. The van der Waals surface area contributed by atoms with Crippen molar-refractivity contribution < 1.29 is 0 Å². The quantitative estimate of drug-likeness (QED) is 0.533. The highest BCUT2D eigenvalue weighted by molar-refractivity contribution is 8.01. The molecular weight excluding hydrogens is 304 g/mol. The molecule has 0 radical (unpaired) electrons. The second-order valence-electron chi connectivity index (χ2n) is 4.49. The van der Waals surface area contributed by atoms with Crippen LogP contribution in [0.2, 0.25) is 0 Å². The zero-order valence-corrected chi connectivity index (χ0v) is 13.7. The van der Waals surface area contributed by atoms with Crippen LogP contribution in [0, 0.1) is 6.92 Å². The summed E-state index contributed by atoms with van der Waals surface area (Å²) in [5.41, 5.74) is 1.11. The largest absolute Gasteiger partial charge is 0.311 e. The van der Waals surface area contributed by atoms with Crippen molar-refractivity contribution in [3.8, 4) is 0 Å². The van der Waals surface area contributed by atoms with Crippen LogP contribution in [-0.2, 0) is 6.54 Å². The molecule has 0 aliphatic heterocycles. The average Bonchev–Trinajstić information content (AvgIpc) is 3.04. The van der Waals surface area contributed by atoms with Crippen LogP contribution >= 0.6 is 34.4 Å². The summed E-state index contributed by atoms with van der Waals surface area (Å²) in [6, 6.07) is 12.7. The van der Waals surface area contributed by atoms with E-state index in [1.165, 1.54) is 18.8 Å². The molecule has 0 aliphatic carbocycles. The number of aryl methyl sites for hydroxylation is 1. The molecule has 20 heavy (non-hydrogen) atoms. The van der Waals surface area contributed by atoms with Gasteiger partial charge in [-0.1, -0.05) is 23.9 Å². The lowest BCUT2D eigenvalue weighted by Gasteiger charge is -2.01. The lowest BCUT2D eigenvalue weighted by atomic mass is 10.3. The summed E-state index contributed by atoms with van der Waals surface area (Å²) in [7, 11) is 0. The number of fused-ring (bicyclic) bond motifs is 1. The van der Waals surface area contributed by atoms with E-state index in [4.69, 9.17) is 0 Å². The molecule has 0 aliphatic rings. The van der Waals surface area contributed by atoms with Crippen molar-refractivity contribution in [2.45, 2.75) is 17.8 Å². The zero-order valence-electron chi connectivity index (χ0n) is 11.3. The van der Waals surface area contributed by atoms with Crippen molar-refractivity contribution >= 4 is 44.7 Å². The van der Waals surface area contributed by atoms with E-state index in [1.54, 1.807) is 11.3 Å². The van der Waals surface area contributed by atoms with Crippen molar-refractivity contribution in [3.05, 3.63) is 46.2 Å². The monoisotopic (exact) mass is 320 g/mol. The molecule has 0 saturated heterocycles. The highest BCUT2D eigenvalue weighted by Gasteiger charge is 2.03. The number of rotatable bonds is 6. The first-order chi connectivity index (χ1) is 9.81. The van der Waals surface area contributed by atoms with Crippen LogP contribution in [0.15, 0.2) is 40.7 Å². The Morgan fingerprint density at radius 3 is 2.85 bits per heavy atom. The van der Waals surface area contributed by atoms with E-state index >= 15 is 0 Å². The van der Waals surface area contributed by atoms with Gasteiger partial charge in [0, 0.05) is 28.6 Å². The smallest absolute Gasteiger partial charge is 0.151 e. The van der Waals surface area contributed by atoms with Gasteiger partial charge in [-0.15, -0.1) is 22.7 Å². The first-order valence-corrected chi connectivity index (χ1v) is 9.17. The molecule has 0 spiro atoms. The summed E-state index contributed by atoms with van der Waals surface area (Å²) in [5, 5.41) is 3.49. The number of para-hydroxylation sites is 1. The molecule has 3 aromatic rings. The predicted octanol–water partition coefficient (Wildman–Crippen LogP) is 4.55. The number of nitrogens with zero attached hydrogens (tertiary/aromatic N) is 1. The number of benzene rings is 1. The normalized spacial score (nSPS) is 11.2. The van der Waals surface area contributed by atoms with E-state index in [9.17, 15) is 0 Å². The topological polar surface area (TPSA) is 24.9 Å². The van der Waals surface area contributed by atoms with E-state index < -0.39 is 0 Å². The third kappa shape index (κ3) is 3.61. The summed E-state index contributed by atoms with van der Waals surface area (Å²) >= 11 is 5.48. The third-order valence-corrected chi connectivity index (χ3v) is 6.06. The Labute approximate surface area is 131 Å². The standard InChI is InChI=1S/C15H16N2S3/c1-11-6-7-12(19-11)10-16-8-9-18-15-17-13-4-2-3-5-14(13)20-15/h2-7,16H,8-10H2,1H3. The van der Waals surface area contributed by atoms with Gasteiger partial charge in [0.15, 0.2) is 4.34 Å². The maximum absolute atomic E-state index is 4.63. The fourth-order valence-corrected chi connectivity index (χ4v) is 4.81. The maximum Gasteiger partial charge on any atom is 0.151 e.